The molecule has 5 nitrogen and oxygen atoms in total. The van der Waals surface area contributed by atoms with E-state index in [1.165, 1.54) is 5.56 Å². The topological polar surface area (TPSA) is 52.7 Å². The lowest BCUT2D eigenvalue weighted by Crippen LogP contribution is -2.44. The van der Waals surface area contributed by atoms with Crippen LogP contribution in [0.2, 0.25) is 15.1 Å². The van der Waals surface area contributed by atoms with Gasteiger partial charge >= 0.3 is 0 Å². The Hall–Kier alpha value is -1.79. The van der Waals surface area contributed by atoms with Crippen molar-refractivity contribution in [3.63, 3.8) is 0 Å². The Bertz CT molecular complexity index is 1200. The van der Waals surface area contributed by atoms with Crippen LogP contribution in [0.25, 0.3) is 0 Å². The largest absolute Gasteiger partial charge is 0.350 e. The fraction of sp³-hybridized carbons (Fsp3) is 0.548. The van der Waals surface area contributed by atoms with Gasteiger partial charge in [-0.1, -0.05) is 53.9 Å². The van der Waals surface area contributed by atoms with Gasteiger partial charge in [0.1, 0.15) is 0 Å². The number of hydrogen-bond acceptors (Lipinski definition) is 3. The van der Waals surface area contributed by atoms with E-state index in [9.17, 15) is 9.59 Å². The molecular formula is C31H40Cl3N3O2. The first-order chi connectivity index (χ1) is 18.4. The minimum atomic E-state index is -0.158. The highest BCUT2D eigenvalue weighted by Gasteiger charge is 2.44. The monoisotopic (exact) mass is 591 g/mol. The van der Waals surface area contributed by atoms with E-state index < -0.39 is 0 Å². The highest BCUT2D eigenvalue weighted by atomic mass is 35.5. The number of carbonyl (C=O) groups is 2. The maximum atomic E-state index is 14.0. The molecule has 212 valence electrons. The maximum Gasteiger partial charge on any atom is 0.227 e. The third-order valence-electron chi connectivity index (χ3n) is 8.40. The summed E-state index contributed by atoms with van der Waals surface area (Å²) in [6.45, 7) is 13.1. The second-order valence-electron chi connectivity index (χ2n) is 12.0. The first-order valence-electron chi connectivity index (χ1n) is 13.9. The van der Waals surface area contributed by atoms with Gasteiger partial charge in [0.2, 0.25) is 11.8 Å². The molecule has 1 N–H and O–H groups in total. The van der Waals surface area contributed by atoms with E-state index in [4.69, 9.17) is 34.8 Å². The number of hydrogen-bond donors (Lipinski definition) is 1. The molecule has 0 radical (unpaired) electrons. The predicted molar refractivity (Wildman–Crippen MR) is 161 cm³/mol. The smallest absolute Gasteiger partial charge is 0.227 e. The van der Waals surface area contributed by atoms with Crippen molar-refractivity contribution in [1.82, 2.24) is 15.1 Å². The van der Waals surface area contributed by atoms with Gasteiger partial charge in [-0.3, -0.25) is 14.5 Å². The molecule has 2 aromatic carbocycles. The Morgan fingerprint density at radius 1 is 0.974 bits per heavy atom. The minimum Gasteiger partial charge on any atom is -0.350 e. The molecule has 0 aromatic heterocycles. The maximum absolute atomic E-state index is 14.0. The van der Waals surface area contributed by atoms with Crippen LogP contribution in [0.1, 0.15) is 88.4 Å². The predicted octanol–water partition coefficient (Wildman–Crippen LogP) is 7.45. The van der Waals surface area contributed by atoms with Gasteiger partial charge in [0.05, 0.1) is 12.0 Å². The molecule has 0 unspecified atom stereocenters. The number of benzene rings is 2. The number of piperidine rings is 1. The summed E-state index contributed by atoms with van der Waals surface area (Å²) in [6.07, 6.45) is 2.53. The Balaban J connectivity index is 1.52. The molecule has 4 rings (SSSR count). The number of nitrogens with one attached hydrogen (secondary N) is 1. The van der Waals surface area contributed by atoms with Crippen molar-refractivity contribution in [2.75, 3.05) is 26.2 Å². The lowest BCUT2D eigenvalue weighted by atomic mass is 9.83. The van der Waals surface area contributed by atoms with Crippen molar-refractivity contribution < 1.29 is 9.59 Å². The molecule has 0 saturated carbocycles. The molecule has 0 spiro atoms. The summed E-state index contributed by atoms with van der Waals surface area (Å²) in [7, 11) is 0. The second-order valence-corrected chi connectivity index (χ2v) is 13.3. The van der Waals surface area contributed by atoms with Gasteiger partial charge in [0.25, 0.3) is 0 Å². The molecular weight excluding hydrogens is 553 g/mol. The van der Waals surface area contributed by atoms with E-state index in [0.717, 1.165) is 36.9 Å². The van der Waals surface area contributed by atoms with Crippen LogP contribution in [0.4, 0.5) is 0 Å². The van der Waals surface area contributed by atoms with Gasteiger partial charge in [-0.05, 0) is 86.9 Å². The van der Waals surface area contributed by atoms with E-state index in [1.54, 1.807) is 13.0 Å². The van der Waals surface area contributed by atoms with Crippen LogP contribution in [0, 0.1) is 5.92 Å². The Labute approximate surface area is 248 Å². The highest BCUT2D eigenvalue weighted by molar-refractivity contribution is 6.35. The first kappa shape index (κ1) is 30.2. The van der Waals surface area contributed by atoms with Gasteiger partial charge in [-0.15, -0.1) is 0 Å². The van der Waals surface area contributed by atoms with Crippen molar-refractivity contribution in [3.05, 3.63) is 68.2 Å². The normalized spacial score (nSPS) is 21.7. The third-order valence-corrected chi connectivity index (χ3v) is 9.20. The van der Waals surface area contributed by atoms with Crippen LogP contribution in [0.3, 0.4) is 0 Å². The molecule has 39 heavy (non-hydrogen) atoms. The zero-order valence-electron chi connectivity index (χ0n) is 23.6. The van der Waals surface area contributed by atoms with E-state index >= 15 is 0 Å². The highest BCUT2D eigenvalue weighted by Crippen LogP contribution is 2.42. The molecule has 2 heterocycles. The van der Waals surface area contributed by atoms with Crippen LogP contribution in [-0.4, -0.2) is 53.3 Å². The summed E-state index contributed by atoms with van der Waals surface area (Å²) in [5, 5.41) is 4.97. The molecule has 2 fully saturated rings. The van der Waals surface area contributed by atoms with Crippen LogP contribution >= 0.6 is 34.8 Å². The molecule has 3 atom stereocenters. The van der Waals surface area contributed by atoms with Crippen molar-refractivity contribution in [2.24, 2.45) is 5.92 Å². The minimum absolute atomic E-state index is 0.0186. The van der Waals surface area contributed by atoms with Gasteiger partial charge in [0.15, 0.2) is 0 Å². The third kappa shape index (κ3) is 6.93. The Morgan fingerprint density at radius 2 is 1.59 bits per heavy atom. The summed E-state index contributed by atoms with van der Waals surface area (Å²) >= 11 is 19.2. The number of rotatable bonds is 6. The molecule has 0 aliphatic carbocycles. The first-order valence-corrected chi connectivity index (χ1v) is 15.1. The quantitative estimate of drug-likeness (QED) is 0.379. The number of nitrogens with zero attached hydrogens (tertiary/aromatic N) is 2. The van der Waals surface area contributed by atoms with E-state index in [-0.39, 0.29) is 35.2 Å². The van der Waals surface area contributed by atoms with Crippen molar-refractivity contribution in [3.8, 4) is 0 Å². The number of carbonyl (C=O) groups excluding carboxylic acids is 2. The summed E-state index contributed by atoms with van der Waals surface area (Å²) in [4.78, 5) is 30.3. The Kier molecular flexibility index (Phi) is 9.58. The van der Waals surface area contributed by atoms with Crippen LogP contribution in [-0.2, 0) is 9.59 Å². The zero-order chi connectivity index (χ0) is 28.5. The van der Waals surface area contributed by atoms with Gasteiger partial charge < -0.3 is 10.2 Å². The summed E-state index contributed by atoms with van der Waals surface area (Å²) < 4.78 is 0. The Morgan fingerprint density at radius 3 is 2.15 bits per heavy atom. The summed E-state index contributed by atoms with van der Waals surface area (Å²) in [6, 6.07) is 11.6. The van der Waals surface area contributed by atoms with Gasteiger partial charge in [-0.25, -0.2) is 0 Å². The van der Waals surface area contributed by atoms with E-state index in [2.05, 4.69) is 44.0 Å². The molecule has 2 aliphatic heterocycles. The lowest BCUT2D eigenvalue weighted by Gasteiger charge is -2.36. The standard InChI is InChI=1S/C31H40Cl3N3O2/c1-6-29(35-19(2)38)25-15-21(32)7-9-23(25)20-11-13-36(14-12-20)30(39)27-18-37(31(3,4)5)17-26(27)24-10-8-22(33)16-28(24)34/h7-10,15-16,20,26-27,29H,6,11-14,17-18H2,1-5H3,(H,35,38)/t26-,27+,29-/m0/s1. The van der Waals surface area contributed by atoms with E-state index in [0.29, 0.717) is 40.6 Å². The van der Waals surface area contributed by atoms with Gasteiger partial charge in [0, 0.05) is 59.6 Å². The molecule has 2 aromatic rings. The van der Waals surface area contributed by atoms with Crippen molar-refractivity contribution in [1.29, 1.82) is 0 Å². The zero-order valence-corrected chi connectivity index (χ0v) is 25.8. The molecule has 0 bridgehead atoms. The number of halogens is 3. The van der Waals surface area contributed by atoms with Gasteiger partial charge in [-0.2, -0.15) is 0 Å². The fourth-order valence-electron chi connectivity index (χ4n) is 6.23. The summed E-state index contributed by atoms with van der Waals surface area (Å²) in [5.41, 5.74) is 3.25. The SMILES string of the molecule is CC[C@H](NC(C)=O)c1cc(Cl)ccc1C1CCN(C(=O)[C@@H]2CN(C(C)(C)C)C[C@H]2c2ccc(Cl)cc2Cl)CC1. The second kappa shape index (κ2) is 12.4. The molecule has 2 amide bonds. The lowest BCUT2D eigenvalue weighted by molar-refractivity contribution is -0.136. The van der Waals surface area contributed by atoms with Crippen LogP contribution < -0.4 is 5.32 Å². The summed E-state index contributed by atoms with van der Waals surface area (Å²) in [5.74, 6) is 0.321. The van der Waals surface area contributed by atoms with E-state index in [1.807, 2.05) is 29.2 Å². The van der Waals surface area contributed by atoms with Crippen molar-refractivity contribution in [2.45, 2.75) is 77.3 Å². The fourth-order valence-corrected chi connectivity index (χ4v) is 6.96. The van der Waals surface area contributed by atoms with Crippen LogP contribution in [0.15, 0.2) is 36.4 Å². The number of amides is 2. The molecule has 8 heteroatoms. The number of likely N-dealkylation sites (tertiary alicyclic amines) is 2. The van der Waals surface area contributed by atoms with Crippen LogP contribution in [0.5, 0.6) is 0 Å². The average molecular weight is 593 g/mol. The molecule has 2 aliphatic rings. The van der Waals surface area contributed by atoms with Crippen molar-refractivity contribution >= 4 is 46.6 Å². The average Bonchev–Trinajstić information content (AvgIpc) is 3.33. The molecule has 2 saturated heterocycles.